The molecule has 1 heterocycles. The van der Waals surface area contributed by atoms with Gasteiger partial charge in [0.2, 0.25) is 0 Å². The average molecular weight is 426 g/mol. The van der Waals surface area contributed by atoms with Crippen LogP contribution in [0.25, 0.3) is 10.8 Å². The summed E-state index contributed by atoms with van der Waals surface area (Å²) in [4.78, 5) is 8.18. The third-order valence-electron chi connectivity index (χ3n) is 6.54. The first-order valence-electron chi connectivity index (χ1n) is 10.5. The Morgan fingerprint density at radius 2 is 1.94 bits per heavy atom. The van der Waals surface area contributed by atoms with Crippen LogP contribution in [0, 0.1) is 0 Å². The first-order chi connectivity index (χ1) is 14.8. The Morgan fingerprint density at radius 3 is 2.71 bits per heavy atom. The molecule has 2 unspecified atom stereocenters. The molecule has 0 amide bonds. The molecule has 1 aromatic heterocycles. The zero-order valence-corrected chi connectivity index (χ0v) is 17.4. The van der Waals surface area contributed by atoms with E-state index in [1.165, 1.54) is 0 Å². The summed E-state index contributed by atoms with van der Waals surface area (Å²) in [5.74, 6) is 0. The van der Waals surface area contributed by atoms with E-state index in [-0.39, 0.29) is 0 Å². The molecule has 1 aliphatic rings. The van der Waals surface area contributed by atoms with E-state index in [1.54, 1.807) is 30.6 Å². The highest BCUT2D eigenvalue weighted by Gasteiger charge is 2.57. The van der Waals surface area contributed by atoms with Gasteiger partial charge in [0.05, 0.1) is 5.69 Å². The SMILES string of the molecule is CCC1(CC(O)(C=Nc2cccc3cnccc23)C(F)(F)F)CCCc2ccccc21. The second kappa shape index (κ2) is 8.08. The molecule has 162 valence electrons. The molecule has 6 heteroatoms. The Hall–Kier alpha value is -2.73. The highest BCUT2D eigenvalue weighted by atomic mass is 19.4. The van der Waals surface area contributed by atoms with Crippen molar-refractivity contribution >= 4 is 22.7 Å². The molecule has 0 aliphatic heterocycles. The van der Waals surface area contributed by atoms with E-state index < -0.39 is 23.6 Å². The molecule has 3 nitrogen and oxygen atoms in total. The minimum atomic E-state index is -4.85. The van der Waals surface area contributed by atoms with Crippen molar-refractivity contribution in [2.24, 2.45) is 4.99 Å². The van der Waals surface area contributed by atoms with Gasteiger partial charge in [0.15, 0.2) is 5.60 Å². The van der Waals surface area contributed by atoms with Gasteiger partial charge < -0.3 is 5.11 Å². The van der Waals surface area contributed by atoms with Gasteiger partial charge in [-0.05, 0) is 60.8 Å². The van der Waals surface area contributed by atoms with Crippen molar-refractivity contribution in [1.29, 1.82) is 0 Å². The van der Waals surface area contributed by atoms with Gasteiger partial charge in [0.1, 0.15) is 0 Å². The first kappa shape index (κ1) is 21.5. The van der Waals surface area contributed by atoms with E-state index in [0.717, 1.165) is 29.4 Å². The summed E-state index contributed by atoms with van der Waals surface area (Å²) < 4.78 is 42.6. The number of fused-ring (bicyclic) bond motifs is 2. The lowest BCUT2D eigenvalue weighted by molar-refractivity contribution is -0.235. The Kier molecular flexibility index (Phi) is 5.60. The van der Waals surface area contributed by atoms with E-state index >= 15 is 0 Å². The van der Waals surface area contributed by atoms with Gasteiger partial charge in [-0.3, -0.25) is 9.98 Å². The predicted molar refractivity (Wildman–Crippen MR) is 117 cm³/mol. The van der Waals surface area contributed by atoms with Crippen molar-refractivity contribution in [3.63, 3.8) is 0 Å². The highest BCUT2D eigenvalue weighted by Crippen LogP contribution is 2.48. The zero-order valence-electron chi connectivity index (χ0n) is 17.4. The largest absolute Gasteiger partial charge is 0.422 e. The molecule has 1 aliphatic carbocycles. The number of aliphatic imine (C=N–C) groups is 1. The van der Waals surface area contributed by atoms with Crippen LogP contribution in [0.5, 0.6) is 0 Å². The van der Waals surface area contributed by atoms with Gasteiger partial charge in [-0.2, -0.15) is 13.2 Å². The third kappa shape index (κ3) is 3.97. The van der Waals surface area contributed by atoms with Crippen LogP contribution >= 0.6 is 0 Å². The summed E-state index contributed by atoms with van der Waals surface area (Å²) in [6, 6.07) is 14.5. The van der Waals surface area contributed by atoms with Crippen molar-refractivity contribution in [2.45, 2.75) is 56.2 Å². The average Bonchev–Trinajstić information content (AvgIpc) is 2.77. The van der Waals surface area contributed by atoms with Crippen LogP contribution < -0.4 is 0 Å². The number of aromatic nitrogens is 1. The van der Waals surface area contributed by atoms with Crippen LogP contribution in [0.2, 0.25) is 0 Å². The van der Waals surface area contributed by atoms with E-state index in [1.807, 2.05) is 37.3 Å². The fourth-order valence-electron chi connectivity index (χ4n) is 4.81. The molecule has 3 aromatic rings. The normalized spacial score (nSPS) is 21.2. The number of aliphatic hydroxyl groups is 1. The highest BCUT2D eigenvalue weighted by molar-refractivity contribution is 5.93. The van der Waals surface area contributed by atoms with Gasteiger partial charge in [0, 0.05) is 29.4 Å². The molecule has 0 bridgehead atoms. The molecule has 0 fully saturated rings. The van der Waals surface area contributed by atoms with Gasteiger partial charge in [-0.15, -0.1) is 0 Å². The Labute approximate surface area is 179 Å². The molecular weight excluding hydrogens is 401 g/mol. The number of hydrogen-bond acceptors (Lipinski definition) is 3. The van der Waals surface area contributed by atoms with E-state index in [0.29, 0.717) is 30.1 Å². The Bertz CT molecular complexity index is 1110. The summed E-state index contributed by atoms with van der Waals surface area (Å²) in [5, 5.41) is 12.4. The number of alkyl halides is 3. The quantitative estimate of drug-likeness (QED) is 0.486. The van der Waals surface area contributed by atoms with Crippen LogP contribution in [0.15, 0.2) is 65.9 Å². The Morgan fingerprint density at radius 1 is 1.13 bits per heavy atom. The fourth-order valence-corrected chi connectivity index (χ4v) is 4.81. The maximum atomic E-state index is 14.2. The summed E-state index contributed by atoms with van der Waals surface area (Å²) in [5.41, 5.74) is -1.44. The van der Waals surface area contributed by atoms with Gasteiger partial charge >= 0.3 is 6.18 Å². The molecule has 0 saturated heterocycles. The molecule has 0 saturated carbocycles. The molecule has 2 aromatic carbocycles. The van der Waals surface area contributed by atoms with Crippen molar-refractivity contribution in [1.82, 2.24) is 4.98 Å². The van der Waals surface area contributed by atoms with Crippen molar-refractivity contribution < 1.29 is 18.3 Å². The number of hydrogen-bond donors (Lipinski definition) is 1. The molecular formula is C25H25F3N2O. The zero-order chi connectivity index (χ0) is 22.1. The van der Waals surface area contributed by atoms with E-state index in [4.69, 9.17) is 0 Å². The van der Waals surface area contributed by atoms with Crippen LogP contribution in [-0.4, -0.2) is 28.1 Å². The minimum Gasteiger partial charge on any atom is -0.376 e. The van der Waals surface area contributed by atoms with Crippen LogP contribution in [0.1, 0.15) is 43.7 Å². The van der Waals surface area contributed by atoms with Crippen LogP contribution in [0.3, 0.4) is 0 Å². The second-order valence-electron chi connectivity index (χ2n) is 8.38. The standard InChI is InChI=1S/C25H25F3N2O/c1-2-23(13-6-9-18-7-3-4-10-21(18)23)16-24(31,25(26,27)28)17-30-22-11-5-8-19-15-29-14-12-20(19)22/h3-5,7-8,10-12,14-15,17,31H,2,6,9,13,16H2,1H3. The maximum absolute atomic E-state index is 14.2. The summed E-state index contributed by atoms with van der Waals surface area (Å²) >= 11 is 0. The predicted octanol–water partition coefficient (Wildman–Crippen LogP) is 6.30. The number of pyridine rings is 1. The fraction of sp³-hybridized carbons (Fsp3) is 0.360. The number of nitrogens with zero attached hydrogens (tertiary/aromatic N) is 2. The number of aryl methyl sites for hydroxylation is 1. The first-order valence-corrected chi connectivity index (χ1v) is 10.5. The molecule has 4 rings (SSSR count). The van der Waals surface area contributed by atoms with E-state index in [2.05, 4.69) is 9.98 Å². The second-order valence-corrected chi connectivity index (χ2v) is 8.38. The van der Waals surface area contributed by atoms with Crippen molar-refractivity contribution in [2.75, 3.05) is 0 Å². The third-order valence-corrected chi connectivity index (χ3v) is 6.54. The summed E-state index contributed by atoms with van der Waals surface area (Å²) in [6.07, 6.45) is 1.36. The molecule has 0 spiro atoms. The molecule has 1 N–H and O–H groups in total. The Balaban J connectivity index is 1.76. The smallest absolute Gasteiger partial charge is 0.376 e. The summed E-state index contributed by atoms with van der Waals surface area (Å²) in [7, 11) is 0. The van der Waals surface area contributed by atoms with Crippen molar-refractivity contribution in [3.8, 4) is 0 Å². The lowest BCUT2D eigenvalue weighted by atomic mass is 9.63. The van der Waals surface area contributed by atoms with Gasteiger partial charge in [0.25, 0.3) is 0 Å². The van der Waals surface area contributed by atoms with E-state index in [9.17, 15) is 18.3 Å². The minimum absolute atomic E-state index is 0.372. The number of rotatable bonds is 5. The lowest BCUT2D eigenvalue weighted by Crippen LogP contribution is -2.52. The van der Waals surface area contributed by atoms with Gasteiger partial charge in [-0.25, -0.2) is 0 Å². The van der Waals surface area contributed by atoms with Gasteiger partial charge in [-0.1, -0.05) is 43.3 Å². The summed E-state index contributed by atoms with van der Waals surface area (Å²) in [6.45, 7) is 1.90. The van der Waals surface area contributed by atoms with Crippen LogP contribution in [0.4, 0.5) is 18.9 Å². The maximum Gasteiger partial charge on any atom is 0.422 e. The topological polar surface area (TPSA) is 45.5 Å². The van der Waals surface area contributed by atoms with Crippen molar-refractivity contribution in [3.05, 3.63) is 72.1 Å². The number of benzene rings is 2. The molecule has 2 atom stereocenters. The van der Waals surface area contributed by atoms with Crippen LogP contribution in [-0.2, 0) is 11.8 Å². The number of halogens is 3. The monoisotopic (exact) mass is 426 g/mol. The molecule has 0 radical (unpaired) electrons. The molecule has 31 heavy (non-hydrogen) atoms. The lowest BCUT2D eigenvalue weighted by Gasteiger charge is -2.43.